The van der Waals surface area contributed by atoms with Crippen LogP contribution >= 0.6 is 27.7 Å². The highest BCUT2D eigenvalue weighted by atomic mass is 79.9. The van der Waals surface area contributed by atoms with E-state index in [0.717, 1.165) is 15.8 Å². The molecule has 0 saturated carbocycles. The Morgan fingerprint density at radius 1 is 1.08 bits per heavy atom. The molecule has 0 saturated heterocycles. The van der Waals surface area contributed by atoms with Gasteiger partial charge in [0.1, 0.15) is 0 Å². The lowest BCUT2D eigenvalue weighted by atomic mass is 10.1. The van der Waals surface area contributed by atoms with Gasteiger partial charge in [0.2, 0.25) is 5.91 Å². The second-order valence-electron chi connectivity index (χ2n) is 5.84. The van der Waals surface area contributed by atoms with Gasteiger partial charge in [-0.1, -0.05) is 40.2 Å². The van der Waals surface area contributed by atoms with E-state index in [2.05, 4.69) is 26.6 Å². The van der Waals surface area contributed by atoms with E-state index in [4.69, 9.17) is 0 Å². The van der Waals surface area contributed by atoms with Crippen LogP contribution in [0.2, 0.25) is 0 Å². The van der Waals surface area contributed by atoms with Crippen LogP contribution in [0.15, 0.2) is 53.0 Å². The molecule has 4 nitrogen and oxygen atoms in total. The maximum Gasteiger partial charge on any atom is 0.253 e. The third-order valence-corrected chi connectivity index (χ3v) is 4.81. The third-order valence-electron chi connectivity index (χ3n) is 3.28. The standard InChI is InChI=1S/C19H21BrN2O2S/c1-13(2)21-19(24)16-5-3-4-6-17(16)22-18(23)12-25-11-14-7-9-15(20)10-8-14/h3-10,13H,11-12H2,1-2H3,(H,21,24)(H,22,23). The van der Waals surface area contributed by atoms with Gasteiger partial charge in [-0.3, -0.25) is 9.59 Å². The number of benzene rings is 2. The zero-order valence-electron chi connectivity index (χ0n) is 14.2. The predicted octanol–water partition coefficient (Wildman–Crippen LogP) is 4.46. The Kier molecular flexibility index (Phi) is 7.52. The van der Waals surface area contributed by atoms with Crippen LogP contribution in [0.4, 0.5) is 5.69 Å². The van der Waals surface area contributed by atoms with Gasteiger partial charge in [0.05, 0.1) is 17.0 Å². The summed E-state index contributed by atoms with van der Waals surface area (Å²) in [6, 6.07) is 15.1. The Labute approximate surface area is 160 Å². The molecule has 0 bridgehead atoms. The van der Waals surface area contributed by atoms with Crippen LogP contribution in [-0.2, 0) is 10.5 Å². The number of hydrogen-bond acceptors (Lipinski definition) is 3. The summed E-state index contributed by atoms with van der Waals surface area (Å²) in [5.74, 6) is 0.784. The van der Waals surface area contributed by atoms with E-state index in [0.29, 0.717) is 17.0 Å². The molecule has 0 heterocycles. The van der Waals surface area contributed by atoms with Crippen molar-refractivity contribution in [2.75, 3.05) is 11.1 Å². The predicted molar refractivity (Wildman–Crippen MR) is 108 cm³/mol. The number of thioether (sulfide) groups is 1. The van der Waals surface area contributed by atoms with Gasteiger partial charge >= 0.3 is 0 Å². The number of hydrogen-bond donors (Lipinski definition) is 2. The number of nitrogens with one attached hydrogen (secondary N) is 2. The summed E-state index contributed by atoms with van der Waals surface area (Å²) < 4.78 is 1.04. The first-order chi connectivity index (χ1) is 12.0. The summed E-state index contributed by atoms with van der Waals surface area (Å²) in [4.78, 5) is 24.4. The van der Waals surface area contributed by atoms with E-state index in [1.807, 2.05) is 38.1 Å². The number of halogens is 1. The quantitative estimate of drug-likeness (QED) is 0.694. The highest BCUT2D eigenvalue weighted by Crippen LogP contribution is 2.18. The zero-order chi connectivity index (χ0) is 18.2. The van der Waals surface area contributed by atoms with Crippen LogP contribution in [0.1, 0.15) is 29.8 Å². The lowest BCUT2D eigenvalue weighted by molar-refractivity contribution is -0.113. The van der Waals surface area contributed by atoms with E-state index >= 15 is 0 Å². The molecular formula is C19H21BrN2O2S. The average molecular weight is 421 g/mol. The van der Waals surface area contributed by atoms with E-state index in [-0.39, 0.29) is 17.9 Å². The van der Waals surface area contributed by atoms with Crippen LogP contribution in [0.25, 0.3) is 0 Å². The van der Waals surface area contributed by atoms with E-state index in [1.54, 1.807) is 24.3 Å². The minimum Gasteiger partial charge on any atom is -0.350 e. The van der Waals surface area contributed by atoms with Crippen LogP contribution in [0.5, 0.6) is 0 Å². The molecule has 0 atom stereocenters. The average Bonchev–Trinajstić information content (AvgIpc) is 2.56. The molecule has 2 rings (SSSR count). The Bertz CT molecular complexity index is 732. The molecule has 25 heavy (non-hydrogen) atoms. The lowest BCUT2D eigenvalue weighted by Gasteiger charge is -2.13. The van der Waals surface area contributed by atoms with E-state index in [9.17, 15) is 9.59 Å². The molecule has 2 N–H and O–H groups in total. The summed E-state index contributed by atoms with van der Waals surface area (Å²) in [5.41, 5.74) is 2.18. The molecule has 132 valence electrons. The zero-order valence-corrected chi connectivity index (χ0v) is 16.6. The molecule has 0 aliphatic heterocycles. The van der Waals surface area contributed by atoms with Crippen LogP contribution in [-0.4, -0.2) is 23.6 Å². The van der Waals surface area contributed by atoms with Crippen molar-refractivity contribution < 1.29 is 9.59 Å². The third kappa shape index (κ3) is 6.55. The molecule has 0 aliphatic rings. The normalized spacial score (nSPS) is 10.6. The smallest absolute Gasteiger partial charge is 0.253 e. The first-order valence-corrected chi connectivity index (χ1v) is 9.92. The first-order valence-electron chi connectivity index (χ1n) is 7.97. The first kappa shape index (κ1) is 19.5. The van der Waals surface area contributed by atoms with Gasteiger partial charge in [-0.05, 0) is 43.7 Å². The minimum absolute atomic E-state index is 0.0396. The van der Waals surface area contributed by atoms with Gasteiger partial charge in [0.15, 0.2) is 0 Å². The van der Waals surface area contributed by atoms with Crippen molar-refractivity contribution >= 4 is 45.2 Å². The van der Waals surface area contributed by atoms with Gasteiger partial charge in [0.25, 0.3) is 5.91 Å². The topological polar surface area (TPSA) is 58.2 Å². The van der Waals surface area contributed by atoms with Crippen LogP contribution in [0, 0.1) is 0 Å². The molecule has 6 heteroatoms. The second kappa shape index (κ2) is 9.63. The van der Waals surface area contributed by atoms with Crippen molar-refractivity contribution in [2.45, 2.75) is 25.6 Å². The second-order valence-corrected chi connectivity index (χ2v) is 7.74. The molecule has 0 aromatic heterocycles. The van der Waals surface area contributed by atoms with Crippen molar-refractivity contribution in [3.05, 3.63) is 64.1 Å². The van der Waals surface area contributed by atoms with E-state index < -0.39 is 0 Å². The number of amides is 2. The SMILES string of the molecule is CC(C)NC(=O)c1ccccc1NC(=O)CSCc1ccc(Br)cc1. The Hall–Kier alpha value is -1.79. The maximum absolute atomic E-state index is 12.2. The number of anilines is 1. The van der Waals surface area contributed by atoms with E-state index in [1.165, 1.54) is 11.8 Å². The highest BCUT2D eigenvalue weighted by molar-refractivity contribution is 9.10. The van der Waals surface area contributed by atoms with Gasteiger partial charge < -0.3 is 10.6 Å². The Morgan fingerprint density at radius 3 is 2.44 bits per heavy atom. The monoisotopic (exact) mass is 420 g/mol. The van der Waals surface area contributed by atoms with Crippen LogP contribution in [0.3, 0.4) is 0 Å². The summed E-state index contributed by atoms with van der Waals surface area (Å²) in [7, 11) is 0. The molecule has 0 spiro atoms. The number of carbonyl (C=O) groups excluding carboxylic acids is 2. The van der Waals surface area contributed by atoms with Crippen molar-refractivity contribution in [1.29, 1.82) is 0 Å². The van der Waals surface area contributed by atoms with Crippen molar-refractivity contribution in [3.8, 4) is 0 Å². The fraction of sp³-hybridized carbons (Fsp3) is 0.263. The van der Waals surface area contributed by atoms with Crippen molar-refractivity contribution in [3.63, 3.8) is 0 Å². The Morgan fingerprint density at radius 2 is 1.76 bits per heavy atom. The van der Waals surface area contributed by atoms with Crippen molar-refractivity contribution in [2.24, 2.45) is 0 Å². The fourth-order valence-corrected chi connectivity index (χ4v) is 3.21. The van der Waals surface area contributed by atoms with Crippen molar-refractivity contribution in [1.82, 2.24) is 5.32 Å². The maximum atomic E-state index is 12.2. The molecule has 0 unspecified atom stereocenters. The molecule has 0 radical (unpaired) electrons. The summed E-state index contributed by atoms with van der Waals surface area (Å²) in [6.07, 6.45) is 0. The minimum atomic E-state index is -0.187. The summed E-state index contributed by atoms with van der Waals surface area (Å²) in [5, 5.41) is 5.67. The number of carbonyl (C=O) groups is 2. The molecular weight excluding hydrogens is 400 g/mol. The van der Waals surface area contributed by atoms with Gasteiger partial charge in [-0.15, -0.1) is 11.8 Å². The van der Waals surface area contributed by atoms with Gasteiger partial charge in [0, 0.05) is 16.3 Å². The largest absolute Gasteiger partial charge is 0.350 e. The molecule has 0 fully saturated rings. The number of para-hydroxylation sites is 1. The fourth-order valence-electron chi connectivity index (χ4n) is 2.16. The highest BCUT2D eigenvalue weighted by Gasteiger charge is 2.13. The molecule has 2 aromatic carbocycles. The number of rotatable bonds is 7. The Balaban J connectivity index is 1.90. The molecule has 2 aromatic rings. The molecule has 0 aliphatic carbocycles. The summed E-state index contributed by atoms with van der Waals surface area (Å²) >= 11 is 4.94. The summed E-state index contributed by atoms with van der Waals surface area (Å²) in [6.45, 7) is 3.80. The molecule has 2 amide bonds. The van der Waals surface area contributed by atoms with Crippen LogP contribution < -0.4 is 10.6 Å². The van der Waals surface area contributed by atoms with Gasteiger partial charge in [-0.25, -0.2) is 0 Å². The lowest BCUT2D eigenvalue weighted by Crippen LogP contribution is -2.31. The van der Waals surface area contributed by atoms with Gasteiger partial charge in [-0.2, -0.15) is 0 Å².